The Bertz CT molecular complexity index is 3450. The minimum absolute atomic E-state index is 0.243. The summed E-state index contributed by atoms with van der Waals surface area (Å²) < 4.78 is 36.1. The SMILES string of the molecule is [C-]#[N+]c1ccc2c(c1)c1cc(-c3ccc4c(c3)C(c3ccccc3)(c3ccccc3)c3cc(-c5ccc(S(=O)(=O)c6ccccc6)cc5)ccc3O4)ccc1n2-c1ccccc1. The van der Waals surface area contributed by atoms with Crippen LogP contribution in [0.25, 0.3) is 54.6 Å². The van der Waals surface area contributed by atoms with E-state index in [4.69, 9.17) is 11.3 Å². The van der Waals surface area contributed by atoms with Gasteiger partial charge < -0.3 is 9.30 Å². The fourth-order valence-corrected chi connectivity index (χ4v) is 10.6. The average molecular weight is 817 g/mol. The van der Waals surface area contributed by atoms with Crippen LogP contribution in [0.2, 0.25) is 0 Å². The number of nitrogens with zero attached hydrogens (tertiary/aromatic N) is 2. The van der Waals surface area contributed by atoms with Crippen LogP contribution in [0.5, 0.6) is 11.5 Å². The van der Waals surface area contributed by atoms with Crippen molar-refractivity contribution >= 4 is 37.3 Å². The largest absolute Gasteiger partial charge is 0.457 e. The Morgan fingerprint density at radius 1 is 0.452 bits per heavy atom. The lowest BCUT2D eigenvalue weighted by Crippen LogP contribution is -2.34. The first kappa shape index (κ1) is 37.1. The highest BCUT2D eigenvalue weighted by Crippen LogP contribution is 2.56. The minimum Gasteiger partial charge on any atom is -0.457 e. The summed E-state index contributed by atoms with van der Waals surface area (Å²) in [5.41, 5.74) is 11.0. The van der Waals surface area contributed by atoms with Gasteiger partial charge >= 0.3 is 0 Å². The van der Waals surface area contributed by atoms with Crippen LogP contribution in [-0.2, 0) is 15.3 Å². The molecule has 10 aromatic rings. The molecule has 11 rings (SSSR count). The molecule has 2 heterocycles. The number of hydrogen-bond acceptors (Lipinski definition) is 3. The molecule has 0 amide bonds. The Morgan fingerprint density at radius 2 is 0.903 bits per heavy atom. The number of benzene rings is 9. The first-order chi connectivity index (χ1) is 30.4. The van der Waals surface area contributed by atoms with Gasteiger partial charge in [-0.25, -0.2) is 13.3 Å². The van der Waals surface area contributed by atoms with E-state index in [-0.39, 0.29) is 9.79 Å². The Balaban J connectivity index is 1.10. The van der Waals surface area contributed by atoms with Crippen molar-refractivity contribution in [3.8, 4) is 39.4 Å². The molecule has 0 N–H and O–H groups in total. The highest BCUT2D eigenvalue weighted by atomic mass is 32.2. The number of rotatable bonds is 7. The molecule has 6 heteroatoms. The second-order valence-corrected chi connectivity index (χ2v) is 17.5. The third-order valence-corrected chi connectivity index (χ3v) is 14.0. The van der Waals surface area contributed by atoms with E-state index in [0.29, 0.717) is 5.69 Å². The standard InChI is InChI=1S/C56H36N2O3S/c1-57-44-27-31-53-49(37-44)48-34-39(24-30-52(48)58(53)45-18-10-4-11-19-45)41-26-33-55-51(36-41)56(42-14-6-2-7-15-42,43-16-8-3-9-17-43)50-35-40(25-32-54(50)61-55)38-22-28-47(29-23-38)62(59,60)46-20-12-5-13-21-46/h2-37H. The van der Waals surface area contributed by atoms with E-state index in [1.807, 2.05) is 78.9 Å². The van der Waals surface area contributed by atoms with Gasteiger partial charge in [0.1, 0.15) is 11.5 Å². The Morgan fingerprint density at radius 3 is 1.48 bits per heavy atom. The summed E-state index contributed by atoms with van der Waals surface area (Å²) in [5, 5.41) is 2.09. The summed E-state index contributed by atoms with van der Waals surface area (Å²) in [6, 6.07) is 72.5. The van der Waals surface area contributed by atoms with Crippen molar-refractivity contribution in [1.82, 2.24) is 4.57 Å². The lowest BCUT2D eigenvalue weighted by atomic mass is 9.63. The molecular formula is C56H36N2O3S. The molecule has 0 bridgehead atoms. The molecule has 0 atom stereocenters. The Labute approximate surface area is 360 Å². The maximum Gasteiger partial charge on any atom is 0.206 e. The van der Waals surface area contributed by atoms with Crippen molar-refractivity contribution in [2.24, 2.45) is 0 Å². The van der Waals surface area contributed by atoms with Crippen LogP contribution in [0.15, 0.2) is 228 Å². The lowest BCUT2D eigenvalue weighted by molar-refractivity contribution is 0.435. The van der Waals surface area contributed by atoms with Crippen LogP contribution in [0.1, 0.15) is 22.3 Å². The summed E-state index contributed by atoms with van der Waals surface area (Å²) in [7, 11) is -3.67. The third-order valence-electron chi connectivity index (χ3n) is 12.2. The molecule has 62 heavy (non-hydrogen) atoms. The number of aromatic nitrogens is 1. The number of ether oxygens (including phenoxy) is 1. The number of para-hydroxylation sites is 1. The molecule has 1 aromatic heterocycles. The molecule has 0 saturated carbocycles. The molecule has 0 saturated heterocycles. The zero-order valence-corrected chi connectivity index (χ0v) is 34.1. The molecule has 0 fully saturated rings. The van der Waals surface area contributed by atoms with Gasteiger partial charge in [-0.3, -0.25) is 0 Å². The normalized spacial score (nSPS) is 12.9. The van der Waals surface area contributed by atoms with E-state index in [9.17, 15) is 8.42 Å². The average Bonchev–Trinajstić information content (AvgIpc) is 3.67. The highest BCUT2D eigenvalue weighted by molar-refractivity contribution is 7.91. The lowest BCUT2D eigenvalue weighted by Gasteiger charge is -2.42. The molecule has 5 nitrogen and oxygen atoms in total. The molecule has 294 valence electrons. The van der Waals surface area contributed by atoms with Gasteiger partial charge in [0, 0.05) is 22.2 Å². The molecule has 0 aliphatic carbocycles. The van der Waals surface area contributed by atoms with E-state index in [1.54, 1.807) is 36.4 Å². The maximum absolute atomic E-state index is 13.5. The zero-order valence-electron chi connectivity index (χ0n) is 33.3. The summed E-state index contributed by atoms with van der Waals surface area (Å²) in [6.45, 7) is 7.80. The quantitative estimate of drug-likeness (QED) is 0.151. The van der Waals surface area contributed by atoms with Crippen LogP contribution in [0.3, 0.4) is 0 Å². The number of sulfone groups is 1. The van der Waals surface area contributed by atoms with Crippen molar-refractivity contribution in [1.29, 1.82) is 0 Å². The fraction of sp³-hybridized carbons (Fsp3) is 0.0179. The van der Waals surface area contributed by atoms with E-state index >= 15 is 0 Å². The summed E-state index contributed by atoms with van der Waals surface area (Å²) in [4.78, 5) is 4.29. The monoisotopic (exact) mass is 816 g/mol. The van der Waals surface area contributed by atoms with Gasteiger partial charge in [-0.15, -0.1) is 0 Å². The van der Waals surface area contributed by atoms with Crippen LogP contribution in [-0.4, -0.2) is 13.0 Å². The fourth-order valence-electron chi connectivity index (χ4n) is 9.29. The predicted molar refractivity (Wildman–Crippen MR) is 248 cm³/mol. The van der Waals surface area contributed by atoms with Gasteiger partial charge in [0.2, 0.25) is 9.84 Å². The first-order valence-corrected chi connectivity index (χ1v) is 21.9. The van der Waals surface area contributed by atoms with E-state index in [1.165, 1.54) is 0 Å². The van der Waals surface area contributed by atoms with Crippen molar-refractivity contribution < 1.29 is 13.2 Å². The summed E-state index contributed by atoms with van der Waals surface area (Å²) in [6.07, 6.45) is 0. The van der Waals surface area contributed by atoms with Crippen molar-refractivity contribution in [3.05, 3.63) is 252 Å². The molecule has 1 aliphatic heterocycles. The molecule has 0 spiro atoms. The molecular weight excluding hydrogens is 781 g/mol. The summed E-state index contributed by atoms with van der Waals surface area (Å²) in [5.74, 6) is 1.51. The summed E-state index contributed by atoms with van der Waals surface area (Å²) >= 11 is 0. The van der Waals surface area contributed by atoms with Gasteiger partial charge in [-0.1, -0.05) is 133 Å². The molecule has 0 radical (unpaired) electrons. The Hall–Kier alpha value is -7.98. The van der Waals surface area contributed by atoms with Gasteiger partial charge in [-0.2, -0.15) is 0 Å². The van der Waals surface area contributed by atoms with Gasteiger partial charge in [0.25, 0.3) is 0 Å². The Kier molecular flexibility index (Phi) is 8.74. The van der Waals surface area contributed by atoms with Crippen molar-refractivity contribution in [2.45, 2.75) is 15.2 Å². The first-order valence-electron chi connectivity index (χ1n) is 20.4. The van der Waals surface area contributed by atoms with Gasteiger partial charge in [0.15, 0.2) is 5.69 Å². The maximum atomic E-state index is 13.5. The number of fused-ring (bicyclic) bond motifs is 5. The third kappa shape index (κ3) is 5.86. The minimum atomic E-state index is -3.67. The highest BCUT2D eigenvalue weighted by Gasteiger charge is 2.45. The zero-order chi connectivity index (χ0) is 41.8. The number of hydrogen-bond donors (Lipinski definition) is 0. The predicted octanol–water partition coefficient (Wildman–Crippen LogP) is 14.0. The molecule has 9 aromatic carbocycles. The van der Waals surface area contributed by atoms with E-state index < -0.39 is 15.3 Å². The second-order valence-electron chi connectivity index (χ2n) is 15.6. The van der Waals surface area contributed by atoms with E-state index in [0.717, 1.165) is 83.5 Å². The van der Waals surface area contributed by atoms with Crippen molar-refractivity contribution in [2.75, 3.05) is 0 Å². The van der Waals surface area contributed by atoms with Gasteiger partial charge in [0.05, 0.1) is 32.8 Å². The molecule has 0 unspecified atom stereocenters. The van der Waals surface area contributed by atoms with Crippen LogP contribution in [0, 0.1) is 6.57 Å². The van der Waals surface area contributed by atoms with E-state index in [2.05, 4.69) is 113 Å². The van der Waals surface area contributed by atoms with Crippen LogP contribution >= 0.6 is 0 Å². The van der Waals surface area contributed by atoms with Crippen LogP contribution < -0.4 is 4.74 Å². The van der Waals surface area contributed by atoms with Gasteiger partial charge in [-0.05, 0) is 124 Å². The van der Waals surface area contributed by atoms with Crippen LogP contribution in [0.4, 0.5) is 5.69 Å². The van der Waals surface area contributed by atoms with Crippen molar-refractivity contribution in [3.63, 3.8) is 0 Å². The second kappa shape index (κ2) is 14.6. The smallest absolute Gasteiger partial charge is 0.206 e. The topological polar surface area (TPSA) is 52.7 Å². The molecule has 1 aliphatic rings.